The zero-order valence-corrected chi connectivity index (χ0v) is 23.1. The topological polar surface area (TPSA) is 78.3 Å². The van der Waals surface area contributed by atoms with Crippen molar-refractivity contribution in [3.63, 3.8) is 0 Å². The van der Waals surface area contributed by atoms with Gasteiger partial charge in [0.05, 0.1) is 5.57 Å². The van der Waals surface area contributed by atoms with Crippen LogP contribution in [0, 0.1) is 0 Å². The number of carbonyl (C=O) groups excluding carboxylic acids is 1. The van der Waals surface area contributed by atoms with E-state index in [2.05, 4.69) is 39.7 Å². The number of hydrogen-bond acceptors (Lipinski definition) is 7. The highest BCUT2D eigenvalue weighted by Crippen LogP contribution is 2.41. The SMILES string of the molecule is C=CCOC(=O)C1=C(C)Nc2nc(SCCC)nn2C1c1cc(Br)ccc1OCc1ccccc1Cl. The Morgan fingerprint density at radius 2 is 2.14 bits per heavy atom. The monoisotopic (exact) mass is 588 g/mol. The van der Waals surface area contributed by atoms with E-state index in [1.165, 1.54) is 6.08 Å². The maximum absolute atomic E-state index is 13.3. The maximum atomic E-state index is 13.3. The summed E-state index contributed by atoms with van der Waals surface area (Å²) in [5, 5.41) is 9.23. The van der Waals surface area contributed by atoms with Crippen molar-refractivity contribution in [2.75, 3.05) is 17.7 Å². The lowest BCUT2D eigenvalue weighted by atomic mass is 9.95. The Labute approximate surface area is 228 Å². The summed E-state index contributed by atoms with van der Waals surface area (Å²) in [6, 6.07) is 12.6. The van der Waals surface area contributed by atoms with Gasteiger partial charge in [-0.15, -0.1) is 5.10 Å². The van der Waals surface area contributed by atoms with Crippen LogP contribution in [0.15, 0.2) is 76.0 Å². The second kappa shape index (κ2) is 12.0. The minimum absolute atomic E-state index is 0.0957. The summed E-state index contributed by atoms with van der Waals surface area (Å²) in [4.78, 5) is 17.9. The Hall–Kier alpha value is -2.75. The predicted octanol–water partition coefficient (Wildman–Crippen LogP) is 6.79. The molecule has 2 aromatic carbocycles. The Kier molecular flexibility index (Phi) is 8.77. The number of hydrogen-bond donors (Lipinski definition) is 1. The summed E-state index contributed by atoms with van der Waals surface area (Å²) in [6.45, 7) is 7.95. The van der Waals surface area contributed by atoms with Crippen LogP contribution < -0.4 is 10.1 Å². The molecule has 0 fully saturated rings. The largest absolute Gasteiger partial charge is 0.488 e. The number of fused-ring (bicyclic) bond motifs is 1. The number of ether oxygens (including phenoxy) is 2. The lowest BCUT2D eigenvalue weighted by molar-refractivity contribution is -0.138. The minimum Gasteiger partial charge on any atom is -0.488 e. The fraction of sp³-hybridized carbons (Fsp3) is 0.269. The smallest absolute Gasteiger partial charge is 0.338 e. The van der Waals surface area contributed by atoms with Crippen LogP contribution in [0.2, 0.25) is 5.02 Å². The van der Waals surface area contributed by atoms with E-state index in [4.69, 9.17) is 26.2 Å². The first-order chi connectivity index (χ1) is 17.4. The molecule has 0 saturated heterocycles. The van der Waals surface area contributed by atoms with Gasteiger partial charge in [-0.05, 0) is 37.6 Å². The summed E-state index contributed by atoms with van der Waals surface area (Å²) in [5.74, 6) is 1.56. The highest BCUT2D eigenvalue weighted by atomic mass is 79.9. The molecule has 1 aliphatic rings. The molecule has 4 rings (SSSR count). The van der Waals surface area contributed by atoms with Crippen LogP contribution in [0.4, 0.5) is 5.95 Å². The van der Waals surface area contributed by atoms with E-state index in [0.29, 0.717) is 33.1 Å². The van der Waals surface area contributed by atoms with Crippen molar-refractivity contribution in [1.29, 1.82) is 0 Å². The van der Waals surface area contributed by atoms with E-state index in [1.54, 1.807) is 16.4 Å². The van der Waals surface area contributed by atoms with Crippen LogP contribution >= 0.6 is 39.3 Å². The molecule has 1 N–H and O–H groups in total. The van der Waals surface area contributed by atoms with E-state index >= 15 is 0 Å². The Morgan fingerprint density at radius 3 is 2.89 bits per heavy atom. The van der Waals surface area contributed by atoms with Crippen LogP contribution in [0.5, 0.6) is 5.75 Å². The number of carbonyl (C=O) groups is 1. The van der Waals surface area contributed by atoms with Gasteiger partial charge in [0.2, 0.25) is 11.1 Å². The van der Waals surface area contributed by atoms with E-state index < -0.39 is 12.0 Å². The molecule has 1 atom stereocenters. The molecular weight excluding hydrogens is 564 g/mol. The molecule has 188 valence electrons. The predicted molar refractivity (Wildman–Crippen MR) is 147 cm³/mol. The number of thioether (sulfide) groups is 1. The minimum atomic E-state index is -0.624. The van der Waals surface area contributed by atoms with Crippen molar-refractivity contribution in [3.05, 3.63) is 87.0 Å². The molecule has 0 spiro atoms. The molecule has 1 aliphatic heterocycles. The standard InChI is InChI=1S/C26H26BrClN4O3S/c1-4-12-34-24(33)22-16(3)29-25-30-26(36-13-5-2)31-32(25)23(22)19-14-18(27)10-11-21(19)35-15-17-8-6-7-9-20(17)28/h4,6-11,14,23H,1,5,12-13,15H2,2-3H3,(H,29,30,31). The maximum Gasteiger partial charge on any atom is 0.338 e. The van der Waals surface area contributed by atoms with Crippen molar-refractivity contribution >= 4 is 51.2 Å². The fourth-order valence-electron chi connectivity index (χ4n) is 3.79. The molecule has 3 aromatic rings. The summed E-state index contributed by atoms with van der Waals surface area (Å²) in [6.07, 6.45) is 2.53. The van der Waals surface area contributed by atoms with Crippen LogP contribution in [0.25, 0.3) is 0 Å². The number of benzene rings is 2. The summed E-state index contributed by atoms with van der Waals surface area (Å²) >= 11 is 11.5. The molecule has 1 unspecified atom stereocenters. The van der Waals surface area contributed by atoms with Crippen molar-refractivity contribution in [2.45, 2.75) is 38.1 Å². The van der Waals surface area contributed by atoms with Crippen LogP contribution in [-0.4, -0.2) is 33.1 Å². The molecule has 0 saturated carbocycles. The summed E-state index contributed by atoms with van der Waals surface area (Å²) in [7, 11) is 0. The van der Waals surface area contributed by atoms with Gasteiger partial charge >= 0.3 is 5.97 Å². The normalized spacial score (nSPS) is 14.7. The van der Waals surface area contributed by atoms with E-state index in [0.717, 1.165) is 27.8 Å². The Balaban J connectivity index is 1.80. The first-order valence-corrected chi connectivity index (χ1v) is 13.6. The number of rotatable bonds is 10. The van der Waals surface area contributed by atoms with Crippen molar-refractivity contribution < 1.29 is 14.3 Å². The molecular formula is C26H26BrClN4O3S. The van der Waals surface area contributed by atoms with Crippen molar-refractivity contribution in [2.24, 2.45) is 0 Å². The lowest BCUT2D eigenvalue weighted by Gasteiger charge is -2.29. The van der Waals surface area contributed by atoms with E-state index in [-0.39, 0.29) is 13.2 Å². The third-order valence-corrected chi connectivity index (χ3v) is 7.33. The second-order valence-corrected chi connectivity index (χ2v) is 10.4. The molecule has 0 bridgehead atoms. The van der Waals surface area contributed by atoms with Gasteiger partial charge in [-0.2, -0.15) is 4.98 Å². The van der Waals surface area contributed by atoms with E-state index in [9.17, 15) is 4.79 Å². The number of halogens is 2. The number of allylic oxidation sites excluding steroid dienone is 1. The van der Waals surface area contributed by atoms with E-state index in [1.807, 2.05) is 49.4 Å². The quantitative estimate of drug-likeness (QED) is 0.158. The van der Waals surface area contributed by atoms with Gasteiger partial charge in [0.1, 0.15) is 25.0 Å². The fourth-order valence-corrected chi connectivity index (χ4v) is 5.04. The molecule has 7 nitrogen and oxygen atoms in total. The average molecular weight is 590 g/mol. The van der Waals surface area contributed by atoms with Crippen LogP contribution in [-0.2, 0) is 16.1 Å². The number of esters is 1. The average Bonchev–Trinajstić information content (AvgIpc) is 3.27. The third kappa shape index (κ3) is 5.79. The van der Waals surface area contributed by atoms with Gasteiger partial charge in [-0.1, -0.05) is 77.1 Å². The molecule has 0 radical (unpaired) electrons. The first-order valence-electron chi connectivity index (χ1n) is 11.4. The number of anilines is 1. The Bertz CT molecular complexity index is 1310. The number of aromatic nitrogens is 3. The Morgan fingerprint density at radius 1 is 1.33 bits per heavy atom. The van der Waals surface area contributed by atoms with Crippen molar-refractivity contribution in [1.82, 2.24) is 14.8 Å². The molecule has 10 heteroatoms. The number of nitrogens with zero attached hydrogens (tertiary/aromatic N) is 3. The summed E-state index contributed by atoms with van der Waals surface area (Å²) < 4.78 is 14.3. The third-order valence-electron chi connectivity index (χ3n) is 5.43. The molecule has 36 heavy (non-hydrogen) atoms. The number of nitrogens with one attached hydrogen (secondary N) is 1. The van der Waals surface area contributed by atoms with Gasteiger partial charge in [0, 0.05) is 32.1 Å². The zero-order valence-electron chi connectivity index (χ0n) is 20.0. The van der Waals surface area contributed by atoms with Gasteiger partial charge in [0.15, 0.2) is 0 Å². The first kappa shape index (κ1) is 26.3. The van der Waals surface area contributed by atoms with Gasteiger partial charge in [0.25, 0.3) is 0 Å². The van der Waals surface area contributed by atoms with Crippen LogP contribution in [0.1, 0.15) is 37.4 Å². The zero-order chi connectivity index (χ0) is 25.7. The van der Waals surface area contributed by atoms with Gasteiger partial charge in [-0.25, -0.2) is 9.48 Å². The molecule has 2 heterocycles. The molecule has 0 amide bonds. The van der Waals surface area contributed by atoms with Crippen LogP contribution in [0.3, 0.4) is 0 Å². The highest BCUT2D eigenvalue weighted by Gasteiger charge is 2.37. The summed E-state index contributed by atoms with van der Waals surface area (Å²) in [5.41, 5.74) is 2.65. The van der Waals surface area contributed by atoms with Gasteiger partial charge < -0.3 is 14.8 Å². The van der Waals surface area contributed by atoms with Crippen molar-refractivity contribution in [3.8, 4) is 5.75 Å². The van der Waals surface area contributed by atoms with Gasteiger partial charge in [-0.3, -0.25) is 0 Å². The molecule has 1 aromatic heterocycles. The molecule has 0 aliphatic carbocycles. The lowest BCUT2D eigenvalue weighted by Crippen LogP contribution is -2.30. The highest BCUT2D eigenvalue weighted by molar-refractivity contribution is 9.10. The second-order valence-electron chi connectivity index (χ2n) is 8.03.